The Kier molecular flexibility index (Phi) is 4.04. The minimum atomic E-state index is -0.480. The first-order chi connectivity index (χ1) is 8.49. The lowest BCUT2D eigenvalue weighted by Gasteiger charge is -2.13. The standard InChI is InChI=1S/C12H14FIN2O2/c1-7(8-2-3-8)6-15-11-4-9(13)10(14)5-12(11)16(17)18/h4-5,7-8,15H,2-3,6H2,1H3. The van der Waals surface area contributed by atoms with Crippen LogP contribution in [0.15, 0.2) is 12.1 Å². The van der Waals surface area contributed by atoms with Gasteiger partial charge in [-0.1, -0.05) is 6.92 Å². The summed E-state index contributed by atoms with van der Waals surface area (Å²) in [5, 5.41) is 13.9. The van der Waals surface area contributed by atoms with Gasteiger partial charge in [0.15, 0.2) is 0 Å². The molecule has 1 unspecified atom stereocenters. The van der Waals surface area contributed by atoms with Crippen molar-refractivity contribution >= 4 is 34.0 Å². The van der Waals surface area contributed by atoms with E-state index in [2.05, 4.69) is 12.2 Å². The number of anilines is 1. The van der Waals surface area contributed by atoms with Crippen LogP contribution in [-0.4, -0.2) is 11.5 Å². The first-order valence-corrected chi connectivity index (χ1v) is 6.94. The van der Waals surface area contributed by atoms with Crippen LogP contribution in [-0.2, 0) is 0 Å². The summed E-state index contributed by atoms with van der Waals surface area (Å²) in [5.74, 6) is 0.750. The average Bonchev–Trinajstić information content (AvgIpc) is 3.13. The topological polar surface area (TPSA) is 55.2 Å². The van der Waals surface area contributed by atoms with Crippen LogP contribution in [0.1, 0.15) is 19.8 Å². The molecule has 1 atom stereocenters. The van der Waals surface area contributed by atoms with Crippen LogP contribution >= 0.6 is 22.6 Å². The van der Waals surface area contributed by atoms with Crippen LogP contribution < -0.4 is 5.32 Å². The van der Waals surface area contributed by atoms with Crippen molar-refractivity contribution in [3.63, 3.8) is 0 Å². The molecule has 1 aliphatic rings. The highest BCUT2D eigenvalue weighted by Crippen LogP contribution is 2.37. The van der Waals surface area contributed by atoms with Crippen molar-refractivity contribution in [3.8, 4) is 0 Å². The summed E-state index contributed by atoms with van der Waals surface area (Å²) in [6, 6.07) is 2.47. The maximum absolute atomic E-state index is 13.4. The molecule has 0 saturated heterocycles. The van der Waals surface area contributed by atoms with Gasteiger partial charge >= 0.3 is 0 Å². The van der Waals surface area contributed by atoms with Crippen molar-refractivity contribution in [2.45, 2.75) is 19.8 Å². The van der Waals surface area contributed by atoms with E-state index >= 15 is 0 Å². The van der Waals surface area contributed by atoms with Gasteiger partial charge in [-0.3, -0.25) is 10.1 Å². The van der Waals surface area contributed by atoms with Gasteiger partial charge in [0, 0.05) is 18.7 Å². The average molecular weight is 364 g/mol. The van der Waals surface area contributed by atoms with Crippen molar-refractivity contribution in [3.05, 3.63) is 31.6 Å². The number of halogens is 2. The Morgan fingerprint density at radius 1 is 1.61 bits per heavy atom. The zero-order valence-electron chi connectivity index (χ0n) is 9.95. The first-order valence-electron chi connectivity index (χ1n) is 5.86. The normalized spacial score (nSPS) is 16.4. The molecule has 1 saturated carbocycles. The summed E-state index contributed by atoms with van der Waals surface area (Å²) >= 11 is 1.76. The Hall–Kier alpha value is -0.920. The fourth-order valence-corrected chi connectivity index (χ4v) is 2.38. The van der Waals surface area contributed by atoms with Crippen molar-refractivity contribution in [2.75, 3.05) is 11.9 Å². The molecule has 1 aromatic carbocycles. The van der Waals surface area contributed by atoms with Crippen molar-refractivity contribution in [1.82, 2.24) is 0 Å². The smallest absolute Gasteiger partial charge is 0.293 e. The Labute approximate surface area is 118 Å². The molecule has 6 heteroatoms. The molecule has 0 aromatic heterocycles. The van der Waals surface area contributed by atoms with E-state index in [4.69, 9.17) is 0 Å². The molecule has 1 aliphatic carbocycles. The molecule has 2 rings (SSSR count). The van der Waals surface area contributed by atoms with E-state index in [1.54, 1.807) is 22.6 Å². The Morgan fingerprint density at radius 2 is 2.28 bits per heavy atom. The van der Waals surface area contributed by atoms with Crippen LogP contribution in [0.25, 0.3) is 0 Å². The number of nitro groups is 1. The second-order valence-corrected chi connectivity index (χ2v) is 5.90. The fraction of sp³-hybridized carbons (Fsp3) is 0.500. The Morgan fingerprint density at radius 3 is 2.83 bits per heavy atom. The monoisotopic (exact) mass is 364 g/mol. The highest BCUT2D eigenvalue weighted by molar-refractivity contribution is 14.1. The number of hydrogen-bond acceptors (Lipinski definition) is 3. The van der Waals surface area contributed by atoms with Crippen LogP contribution in [0.4, 0.5) is 15.8 Å². The number of nitro benzene ring substituents is 1. The van der Waals surface area contributed by atoms with Crippen LogP contribution in [0.2, 0.25) is 0 Å². The SMILES string of the molecule is CC(CNc1cc(F)c(I)cc1[N+](=O)[O-])C1CC1. The first kappa shape index (κ1) is 13.5. The van der Waals surface area contributed by atoms with Gasteiger partial charge in [0.2, 0.25) is 0 Å². The summed E-state index contributed by atoms with van der Waals surface area (Å²) < 4.78 is 13.7. The second-order valence-electron chi connectivity index (χ2n) is 4.74. The molecule has 1 fully saturated rings. The third-order valence-electron chi connectivity index (χ3n) is 3.28. The molecule has 0 spiro atoms. The van der Waals surface area contributed by atoms with E-state index in [0.29, 0.717) is 18.4 Å². The largest absolute Gasteiger partial charge is 0.379 e. The molecule has 0 bridgehead atoms. The lowest BCUT2D eigenvalue weighted by Crippen LogP contribution is -2.14. The molecule has 0 radical (unpaired) electrons. The van der Waals surface area contributed by atoms with E-state index in [1.165, 1.54) is 25.0 Å². The lowest BCUT2D eigenvalue weighted by atomic mass is 10.1. The molecule has 0 heterocycles. The van der Waals surface area contributed by atoms with Crippen molar-refractivity contribution < 1.29 is 9.31 Å². The number of hydrogen-bond donors (Lipinski definition) is 1. The molecule has 0 aliphatic heterocycles. The maximum Gasteiger partial charge on any atom is 0.293 e. The summed E-state index contributed by atoms with van der Waals surface area (Å²) in [7, 11) is 0. The van der Waals surface area contributed by atoms with Crippen LogP contribution in [0.5, 0.6) is 0 Å². The molecule has 1 N–H and O–H groups in total. The van der Waals surface area contributed by atoms with Crippen LogP contribution in [0, 0.1) is 31.3 Å². The summed E-state index contributed by atoms with van der Waals surface area (Å²) in [5.41, 5.74) is 0.203. The maximum atomic E-state index is 13.4. The lowest BCUT2D eigenvalue weighted by molar-refractivity contribution is -0.384. The summed E-state index contributed by atoms with van der Waals surface area (Å²) in [6.07, 6.45) is 2.46. The van der Waals surface area contributed by atoms with E-state index in [9.17, 15) is 14.5 Å². The van der Waals surface area contributed by atoms with Crippen molar-refractivity contribution in [2.24, 2.45) is 11.8 Å². The van der Waals surface area contributed by atoms with Gasteiger partial charge in [-0.05, 0) is 47.3 Å². The third-order valence-corrected chi connectivity index (χ3v) is 4.10. The minimum Gasteiger partial charge on any atom is -0.379 e. The number of rotatable bonds is 5. The van der Waals surface area contributed by atoms with Gasteiger partial charge in [0.1, 0.15) is 11.5 Å². The van der Waals surface area contributed by atoms with Gasteiger partial charge in [-0.25, -0.2) is 4.39 Å². The van der Waals surface area contributed by atoms with Gasteiger partial charge in [0.25, 0.3) is 5.69 Å². The zero-order valence-corrected chi connectivity index (χ0v) is 12.1. The Balaban J connectivity index is 2.14. The van der Waals surface area contributed by atoms with E-state index < -0.39 is 10.7 Å². The Bertz CT molecular complexity index is 477. The number of benzene rings is 1. The van der Waals surface area contributed by atoms with E-state index in [0.717, 1.165) is 0 Å². The van der Waals surface area contributed by atoms with Crippen LogP contribution in [0.3, 0.4) is 0 Å². The van der Waals surface area contributed by atoms with Gasteiger partial charge in [0.05, 0.1) is 8.49 Å². The predicted octanol–water partition coefficient (Wildman–Crippen LogP) is 3.80. The number of nitrogens with one attached hydrogen (secondary N) is 1. The molecule has 1 aromatic rings. The molecular weight excluding hydrogens is 350 g/mol. The zero-order chi connectivity index (χ0) is 13.3. The molecule has 0 amide bonds. The molecule has 18 heavy (non-hydrogen) atoms. The van der Waals surface area contributed by atoms with E-state index in [1.807, 2.05) is 0 Å². The van der Waals surface area contributed by atoms with Crippen molar-refractivity contribution in [1.29, 1.82) is 0 Å². The summed E-state index contributed by atoms with van der Waals surface area (Å²) in [4.78, 5) is 10.4. The predicted molar refractivity (Wildman–Crippen MR) is 76.1 cm³/mol. The molecule has 98 valence electrons. The molecular formula is C12H14FIN2O2. The highest BCUT2D eigenvalue weighted by Gasteiger charge is 2.28. The highest BCUT2D eigenvalue weighted by atomic mass is 127. The van der Waals surface area contributed by atoms with Gasteiger partial charge in [-0.15, -0.1) is 0 Å². The number of nitrogens with zero attached hydrogens (tertiary/aromatic N) is 1. The second kappa shape index (κ2) is 5.38. The minimum absolute atomic E-state index is 0.0659. The van der Waals surface area contributed by atoms with Gasteiger partial charge in [-0.2, -0.15) is 0 Å². The summed E-state index contributed by atoms with van der Waals surface area (Å²) in [6.45, 7) is 2.76. The fourth-order valence-electron chi connectivity index (χ4n) is 1.93. The van der Waals surface area contributed by atoms with E-state index in [-0.39, 0.29) is 14.9 Å². The van der Waals surface area contributed by atoms with Gasteiger partial charge < -0.3 is 5.32 Å². The molecule has 4 nitrogen and oxygen atoms in total. The quantitative estimate of drug-likeness (QED) is 0.491. The third kappa shape index (κ3) is 3.09.